The minimum Gasteiger partial charge on any atom is -0.378 e. The van der Waals surface area contributed by atoms with Crippen LogP contribution < -0.4 is 10.2 Å². The Hall–Kier alpha value is -3.04. The summed E-state index contributed by atoms with van der Waals surface area (Å²) in [5.41, 5.74) is 5.21. The van der Waals surface area contributed by atoms with Gasteiger partial charge in [-0.2, -0.15) is 0 Å². The number of fused-ring (bicyclic) bond motifs is 3. The van der Waals surface area contributed by atoms with Crippen LogP contribution in [0.3, 0.4) is 0 Å². The van der Waals surface area contributed by atoms with Gasteiger partial charge in [0.1, 0.15) is 0 Å². The fraction of sp³-hybridized carbons (Fsp3) is 0.222. The lowest BCUT2D eigenvalue weighted by atomic mass is 9.76. The van der Waals surface area contributed by atoms with Crippen molar-refractivity contribution in [3.05, 3.63) is 107 Å². The number of allylic oxidation sites excluding steroid dienone is 2. The van der Waals surface area contributed by atoms with Gasteiger partial charge in [-0.25, -0.2) is 0 Å². The Kier molecular flexibility index (Phi) is 5.29. The molecule has 5 rings (SSSR count). The van der Waals surface area contributed by atoms with Crippen molar-refractivity contribution in [1.82, 2.24) is 0 Å². The van der Waals surface area contributed by atoms with Gasteiger partial charge in [-0.3, -0.25) is 4.79 Å². The van der Waals surface area contributed by atoms with Crippen LogP contribution in [0.1, 0.15) is 46.8 Å². The number of hydrogen-bond acceptors (Lipinski definition) is 2. The van der Waals surface area contributed by atoms with E-state index in [0.717, 1.165) is 28.4 Å². The first kappa shape index (κ1) is 19.9. The molecule has 3 unspecified atom stereocenters. The van der Waals surface area contributed by atoms with E-state index >= 15 is 0 Å². The molecule has 2 aliphatic rings. The van der Waals surface area contributed by atoms with E-state index < -0.39 is 0 Å². The van der Waals surface area contributed by atoms with Crippen molar-refractivity contribution in [2.75, 3.05) is 16.8 Å². The quantitative estimate of drug-likeness (QED) is 0.461. The van der Waals surface area contributed by atoms with Crippen molar-refractivity contribution in [1.29, 1.82) is 0 Å². The molecule has 0 radical (unpaired) electrons. The molecule has 0 saturated carbocycles. The maximum absolute atomic E-state index is 13.3. The molecule has 3 aromatic carbocycles. The van der Waals surface area contributed by atoms with Crippen LogP contribution in [0.4, 0.5) is 11.4 Å². The summed E-state index contributed by atoms with van der Waals surface area (Å²) >= 11 is 6.10. The number of nitrogens with one attached hydrogen (secondary N) is 1. The molecule has 3 nitrogen and oxygen atoms in total. The SMILES string of the molecule is CCN(C(=O)c1ccc2c(c1)C1C=CCC1C(c1ccc(Cl)cc1)N2)c1ccccc1. The molecule has 156 valence electrons. The summed E-state index contributed by atoms with van der Waals surface area (Å²) in [7, 11) is 0. The van der Waals surface area contributed by atoms with Gasteiger partial charge in [0, 0.05) is 34.4 Å². The van der Waals surface area contributed by atoms with E-state index in [0.29, 0.717) is 18.4 Å². The highest BCUT2D eigenvalue weighted by molar-refractivity contribution is 6.30. The van der Waals surface area contributed by atoms with E-state index in [-0.39, 0.29) is 11.9 Å². The monoisotopic (exact) mass is 428 g/mol. The Bertz CT molecular complexity index is 1120. The van der Waals surface area contributed by atoms with Crippen molar-refractivity contribution in [3.63, 3.8) is 0 Å². The highest BCUT2D eigenvalue weighted by Crippen LogP contribution is 2.50. The summed E-state index contributed by atoms with van der Waals surface area (Å²) < 4.78 is 0. The number of amides is 1. The Morgan fingerprint density at radius 1 is 1.06 bits per heavy atom. The van der Waals surface area contributed by atoms with Crippen LogP contribution in [0.25, 0.3) is 0 Å². The Morgan fingerprint density at radius 3 is 2.58 bits per heavy atom. The largest absolute Gasteiger partial charge is 0.378 e. The number of para-hydroxylation sites is 1. The zero-order valence-electron chi connectivity index (χ0n) is 17.5. The third-order valence-corrected chi connectivity index (χ3v) is 6.72. The standard InChI is InChI=1S/C27H25ClN2O/c1-2-30(21-7-4-3-5-8-21)27(31)19-13-16-25-24(17-19)22-9-6-10-23(22)26(29-25)18-11-14-20(28)15-12-18/h3-9,11-17,22-23,26,29H,2,10H2,1H3. The van der Waals surface area contributed by atoms with E-state index in [9.17, 15) is 4.79 Å². The fourth-order valence-corrected chi connectivity index (χ4v) is 5.06. The first-order valence-corrected chi connectivity index (χ1v) is 11.2. The molecule has 0 aromatic heterocycles. The number of carbonyl (C=O) groups excluding carboxylic acids is 1. The average Bonchev–Trinajstić information content (AvgIpc) is 3.30. The third-order valence-electron chi connectivity index (χ3n) is 6.47. The molecule has 0 fully saturated rings. The summed E-state index contributed by atoms with van der Waals surface area (Å²) in [6, 6.07) is 24.3. The molecule has 3 aromatic rings. The topological polar surface area (TPSA) is 32.3 Å². The first-order valence-electron chi connectivity index (χ1n) is 10.8. The van der Waals surface area contributed by atoms with Crippen molar-refractivity contribution < 1.29 is 4.79 Å². The van der Waals surface area contributed by atoms with Crippen molar-refractivity contribution in [2.45, 2.75) is 25.3 Å². The number of halogens is 1. The van der Waals surface area contributed by atoms with Gasteiger partial charge in [-0.05, 0) is 72.9 Å². The van der Waals surface area contributed by atoms with Crippen LogP contribution in [-0.4, -0.2) is 12.5 Å². The maximum atomic E-state index is 13.3. The predicted molar refractivity (Wildman–Crippen MR) is 128 cm³/mol. The Labute approximate surface area is 188 Å². The first-order chi connectivity index (χ1) is 15.2. The Balaban J connectivity index is 1.48. The van der Waals surface area contributed by atoms with E-state index in [1.54, 1.807) is 0 Å². The minimum absolute atomic E-state index is 0.0369. The lowest BCUT2D eigenvalue weighted by molar-refractivity contribution is 0.0988. The number of hydrogen-bond donors (Lipinski definition) is 1. The smallest absolute Gasteiger partial charge is 0.258 e. The molecule has 31 heavy (non-hydrogen) atoms. The second-order valence-corrected chi connectivity index (χ2v) is 8.65. The van der Waals surface area contributed by atoms with Gasteiger partial charge < -0.3 is 10.2 Å². The van der Waals surface area contributed by atoms with Crippen LogP contribution >= 0.6 is 11.6 Å². The summed E-state index contributed by atoms with van der Waals surface area (Å²) in [5.74, 6) is 0.766. The molecule has 0 saturated heterocycles. The van der Waals surface area contributed by atoms with Crippen LogP contribution in [0.15, 0.2) is 84.9 Å². The Morgan fingerprint density at radius 2 is 1.84 bits per heavy atom. The maximum Gasteiger partial charge on any atom is 0.258 e. The van der Waals surface area contributed by atoms with Gasteiger partial charge in [-0.15, -0.1) is 0 Å². The predicted octanol–water partition coefficient (Wildman–Crippen LogP) is 6.83. The molecule has 1 amide bonds. The van der Waals surface area contributed by atoms with Crippen LogP contribution in [0.5, 0.6) is 0 Å². The lowest BCUT2D eigenvalue weighted by Crippen LogP contribution is -2.32. The normalized spacial score (nSPS) is 21.2. The van der Waals surface area contributed by atoms with Crippen LogP contribution in [0.2, 0.25) is 5.02 Å². The van der Waals surface area contributed by atoms with Crippen molar-refractivity contribution in [2.24, 2.45) is 5.92 Å². The second kappa shape index (κ2) is 8.24. The zero-order chi connectivity index (χ0) is 21.4. The molecule has 0 bridgehead atoms. The van der Waals surface area contributed by atoms with E-state index in [2.05, 4.69) is 41.7 Å². The summed E-state index contributed by atoms with van der Waals surface area (Å²) in [6.07, 6.45) is 5.59. The molecule has 4 heteroatoms. The molecule has 1 aliphatic carbocycles. The van der Waals surface area contributed by atoms with Gasteiger partial charge in [0.2, 0.25) is 0 Å². The number of nitrogens with zero attached hydrogens (tertiary/aromatic N) is 1. The lowest BCUT2D eigenvalue weighted by Gasteiger charge is -2.38. The zero-order valence-corrected chi connectivity index (χ0v) is 18.2. The molecule has 1 heterocycles. The van der Waals surface area contributed by atoms with E-state index in [4.69, 9.17) is 11.6 Å². The third kappa shape index (κ3) is 3.64. The van der Waals surface area contributed by atoms with Crippen molar-refractivity contribution in [3.8, 4) is 0 Å². The van der Waals surface area contributed by atoms with Crippen LogP contribution in [0, 0.1) is 5.92 Å². The van der Waals surface area contributed by atoms with Gasteiger partial charge in [0.25, 0.3) is 5.91 Å². The van der Waals surface area contributed by atoms with E-state index in [1.165, 1.54) is 11.1 Å². The molecular formula is C27H25ClN2O. The fourth-order valence-electron chi connectivity index (χ4n) is 4.93. The molecule has 1 aliphatic heterocycles. The number of rotatable bonds is 4. The summed E-state index contributed by atoms with van der Waals surface area (Å²) in [5, 5.41) is 4.49. The van der Waals surface area contributed by atoms with Gasteiger partial charge in [-0.1, -0.05) is 54.1 Å². The van der Waals surface area contributed by atoms with Gasteiger partial charge in [0.05, 0.1) is 6.04 Å². The summed E-state index contributed by atoms with van der Waals surface area (Å²) in [6.45, 7) is 2.64. The number of anilines is 2. The highest BCUT2D eigenvalue weighted by Gasteiger charge is 2.38. The van der Waals surface area contributed by atoms with Gasteiger partial charge >= 0.3 is 0 Å². The minimum atomic E-state index is 0.0369. The number of benzene rings is 3. The number of carbonyl (C=O) groups is 1. The molecule has 1 N–H and O–H groups in total. The van der Waals surface area contributed by atoms with E-state index in [1.807, 2.05) is 60.4 Å². The highest BCUT2D eigenvalue weighted by atomic mass is 35.5. The molecule has 3 atom stereocenters. The molecular weight excluding hydrogens is 404 g/mol. The van der Waals surface area contributed by atoms with Gasteiger partial charge in [0.15, 0.2) is 0 Å². The average molecular weight is 429 g/mol. The second-order valence-electron chi connectivity index (χ2n) is 8.21. The molecule has 0 spiro atoms. The summed E-state index contributed by atoms with van der Waals surface area (Å²) in [4.78, 5) is 15.2. The van der Waals surface area contributed by atoms with Crippen LogP contribution in [-0.2, 0) is 0 Å². The van der Waals surface area contributed by atoms with Crippen molar-refractivity contribution >= 4 is 28.9 Å².